The highest BCUT2D eigenvalue weighted by molar-refractivity contribution is 6.01. The SMILES string of the molecule is CN1c2ccccc2C(=O)NC1c1ccc(F)cc1. The Morgan fingerprint density at radius 2 is 1.79 bits per heavy atom. The number of benzene rings is 2. The van der Waals surface area contributed by atoms with Crippen LogP contribution in [0.1, 0.15) is 22.1 Å². The van der Waals surface area contributed by atoms with Crippen LogP contribution in [0.4, 0.5) is 10.1 Å². The van der Waals surface area contributed by atoms with Gasteiger partial charge in [0.15, 0.2) is 0 Å². The van der Waals surface area contributed by atoms with E-state index in [0.717, 1.165) is 11.3 Å². The van der Waals surface area contributed by atoms with Crippen LogP contribution in [-0.4, -0.2) is 13.0 Å². The second-order valence-electron chi connectivity index (χ2n) is 4.56. The first-order valence-electron chi connectivity index (χ1n) is 6.05. The van der Waals surface area contributed by atoms with Crippen molar-refractivity contribution in [1.29, 1.82) is 0 Å². The summed E-state index contributed by atoms with van der Waals surface area (Å²) in [5, 5.41) is 2.92. The van der Waals surface area contributed by atoms with E-state index in [0.29, 0.717) is 5.56 Å². The first-order valence-corrected chi connectivity index (χ1v) is 6.05. The van der Waals surface area contributed by atoms with Gasteiger partial charge in [-0.05, 0) is 29.8 Å². The molecule has 1 atom stereocenters. The molecule has 0 spiro atoms. The van der Waals surface area contributed by atoms with E-state index in [2.05, 4.69) is 5.32 Å². The topological polar surface area (TPSA) is 32.3 Å². The average molecular weight is 256 g/mol. The van der Waals surface area contributed by atoms with Crippen LogP contribution in [-0.2, 0) is 0 Å². The summed E-state index contributed by atoms with van der Waals surface area (Å²) in [6.07, 6.45) is -0.275. The Balaban J connectivity index is 2.02. The molecule has 0 saturated carbocycles. The standard InChI is InChI=1S/C15H13FN2O/c1-18-13-5-3-2-4-12(13)15(19)17-14(18)10-6-8-11(16)9-7-10/h2-9,14H,1H3,(H,17,19). The molecule has 1 heterocycles. The fourth-order valence-electron chi connectivity index (χ4n) is 2.36. The van der Waals surface area contributed by atoms with Gasteiger partial charge >= 0.3 is 0 Å². The quantitative estimate of drug-likeness (QED) is 0.850. The van der Waals surface area contributed by atoms with Crippen molar-refractivity contribution in [2.45, 2.75) is 6.17 Å². The van der Waals surface area contributed by atoms with Gasteiger partial charge in [-0.15, -0.1) is 0 Å². The number of rotatable bonds is 1. The third-order valence-electron chi connectivity index (χ3n) is 3.37. The smallest absolute Gasteiger partial charge is 0.255 e. The lowest BCUT2D eigenvalue weighted by atomic mass is 10.0. The fourth-order valence-corrected chi connectivity index (χ4v) is 2.36. The second kappa shape index (κ2) is 4.39. The molecule has 96 valence electrons. The Morgan fingerprint density at radius 1 is 1.11 bits per heavy atom. The van der Waals surface area contributed by atoms with Gasteiger partial charge in [0.05, 0.1) is 11.3 Å². The van der Waals surface area contributed by atoms with Gasteiger partial charge in [-0.25, -0.2) is 4.39 Å². The zero-order valence-electron chi connectivity index (χ0n) is 10.4. The molecule has 0 bridgehead atoms. The fraction of sp³-hybridized carbons (Fsp3) is 0.133. The second-order valence-corrected chi connectivity index (χ2v) is 4.56. The van der Waals surface area contributed by atoms with Crippen molar-refractivity contribution in [2.24, 2.45) is 0 Å². The van der Waals surface area contributed by atoms with Crippen molar-refractivity contribution in [3.05, 3.63) is 65.5 Å². The van der Waals surface area contributed by atoms with Gasteiger partial charge in [0.1, 0.15) is 12.0 Å². The molecule has 0 fully saturated rings. The van der Waals surface area contributed by atoms with Gasteiger partial charge in [0, 0.05) is 7.05 Å². The van der Waals surface area contributed by atoms with Crippen molar-refractivity contribution in [1.82, 2.24) is 5.32 Å². The summed E-state index contributed by atoms with van der Waals surface area (Å²) in [4.78, 5) is 14.0. The van der Waals surface area contributed by atoms with E-state index in [1.54, 1.807) is 18.2 Å². The lowest BCUT2D eigenvalue weighted by Crippen LogP contribution is -2.44. The minimum atomic E-state index is -0.283. The highest BCUT2D eigenvalue weighted by Gasteiger charge is 2.28. The average Bonchev–Trinajstić information content (AvgIpc) is 2.44. The number of anilines is 1. The van der Waals surface area contributed by atoms with Crippen molar-refractivity contribution < 1.29 is 9.18 Å². The molecule has 0 aromatic heterocycles. The predicted octanol–water partition coefficient (Wildman–Crippen LogP) is 2.70. The summed E-state index contributed by atoms with van der Waals surface area (Å²) in [5.41, 5.74) is 2.38. The van der Waals surface area contributed by atoms with E-state index in [9.17, 15) is 9.18 Å². The first-order chi connectivity index (χ1) is 9.16. The molecule has 1 amide bonds. The summed E-state index contributed by atoms with van der Waals surface area (Å²) in [6, 6.07) is 13.6. The number of hydrogen-bond donors (Lipinski definition) is 1. The van der Waals surface area contributed by atoms with Crippen LogP contribution in [0.15, 0.2) is 48.5 Å². The molecule has 3 rings (SSSR count). The third kappa shape index (κ3) is 1.95. The van der Waals surface area contributed by atoms with E-state index in [1.165, 1.54) is 12.1 Å². The highest BCUT2D eigenvalue weighted by Crippen LogP contribution is 2.31. The van der Waals surface area contributed by atoms with Crippen molar-refractivity contribution in [3.8, 4) is 0 Å². The van der Waals surface area contributed by atoms with E-state index in [1.807, 2.05) is 30.1 Å². The van der Waals surface area contributed by atoms with Crippen molar-refractivity contribution >= 4 is 11.6 Å². The van der Waals surface area contributed by atoms with Gasteiger partial charge in [-0.1, -0.05) is 24.3 Å². The summed E-state index contributed by atoms with van der Waals surface area (Å²) in [6.45, 7) is 0. The number of carbonyl (C=O) groups is 1. The number of para-hydroxylation sites is 1. The van der Waals surface area contributed by atoms with Crippen LogP contribution in [0.3, 0.4) is 0 Å². The number of amides is 1. The minimum Gasteiger partial charge on any atom is -0.350 e. The molecule has 1 aliphatic heterocycles. The maximum atomic E-state index is 13.0. The molecule has 3 nitrogen and oxygen atoms in total. The summed E-state index contributed by atoms with van der Waals surface area (Å²) in [7, 11) is 1.91. The normalized spacial score (nSPS) is 17.9. The van der Waals surface area contributed by atoms with Crippen LogP contribution in [0.2, 0.25) is 0 Å². The zero-order chi connectivity index (χ0) is 13.4. The Morgan fingerprint density at radius 3 is 2.53 bits per heavy atom. The zero-order valence-corrected chi connectivity index (χ0v) is 10.4. The predicted molar refractivity (Wildman–Crippen MR) is 71.5 cm³/mol. The Bertz CT molecular complexity index is 624. The van der Waals surface area contributed by atoms with Crippen LogP contribution in [0, 0.1) is 5.82 Å². The Labute approximate surface area is 110 Å². The Hall–Kier alpha value is -2.36. The summed E-state index contributed by atoms with van der Waals surface area (Å²) < 4.78 is 13.0. The van der Waals surface area contributed by atoms with E-state index in [-0.39, 0.29) is 17.9 Å². The van der Waals surface area contributed by atoms with Gasteiger partial charge in [0.25, 0.3) is 5.91 Å². The molecule has 1 N–H and O–H groups in total. The third-order valence-corrected chi connectivity index (χ3v) is 3.37. The van der Waals surface area contributed by atoms with Gasteiger partial charge in [0.2, 0.25) is 0 Å². The maximum absolute atomic E-state index is 13.0. The number of nitrogens with one attached hydrogen (secondary N) is 1. The van der Waals surface area contributed by atoms with Gasteiger partial charge < -0.3 is 10.2 Å². The van der Waals surface area contributed by atoms with Crippen molar-refractivity contribution in [2.75, 3.05) is 11.9 Å². The number of hydrogen-bond acceptors (Lipinski definition) is 2. The monoisotopic (exact) mass is 256 g/mol. The maximum Gasteiger partial charge on any atom is 0.255 e. The molecule has 2 aromatic carbocycles. The van der Waals surface area contributed by atoms with Crippen LogP contribution in [0.25, 0.3) is 0 Å². The van der Waals surface area contributed by atoms with Gasteiger partial charge in [-0.3, -0.25) is 4.79 Å². The molecule has 0 saturated heterocycles. The molecule has 2 aromatic rings. The van der Waals surface area contributed by atoms with E-state index >= 15 is 0 Å². The van der Waals surface area contributed by atoms with Crippen molar-refractivity contribution in [3.63, 3.8) is 0 Å². The van der Waals surface area contributed by atoms with Crippen LogP contribution >= 0.6 is 0 Å². The molecular weight excluding hydrogens is 243 g/mol. The molecule has 1 unspecified atom stereocenters. The summed E-state index contributed by atoms with van der Waals surface area (Å²) >= 11 is 0. The molecule has 0 radical (unpaired) electrons. The van der Waals surface area contributed by atoms with E-state index < -0.39 is 0 Å². The number of carbonyl (C=O) groups excluding carboxylic acids is 1. The lowest BCUT2D eigenvalue weighted by molar-refractivity contribution is 0.0928. The minimum absolute atomic E-state index is 0.108. The van der Waals surface area contributed by atoms with Crippen LogP contribution < -0.4 is 10.2 Å². The Kier molecular flexibility index (Phi) is 2.71. The first kappa shape index (κ1) is 11.7. The number of fused-ring (bicyclic) bond motifs is 1. The highest BCUT2D eigenvalue weighted by atomic mass is 19.1. The van der Waals surface area contributed by atoms with Crippen LogP contribution in [0.5, 0.6) is 0 Å². The number of halogens is 1. The molecule has 19 heavy (non-hydrogen) atoms. The largest absolute Gasteiger partial charge is 0.350 e. The van der Waals surface area contributed by atoms with Gasteiger partial charge in [-0.2, -0.15) is 0 Å². The number of nitrogens with zero attached hydrogens (tertiary/aromatic N) is 1. The molecular formula is C15H13FN2O. The molecule has 1 aliphatic rings. The van der Waals surface area contributed by atoms with E-state index in [4.69, 9.17) is 0 Å². The lowest BCUT2D eigenvalue weighted by Gasteiger charge is -2.36. The molecule has 0 aliphatic carbocycles. The molecule has 4 heteroatoms. The summed E-state index contributed by atoms with van der Waals surface area (Å²) in [5.74, 6) is -0.392.